The van der Waals surface area contributed by atoms with E-state index in [2.05, 4.69) is 15.9 Å². The zero-order valence-corrected chi connectivity index (χ0v) is 10.1. The van der Waals surface area contributed by atoms with Crippen LogP contribution in [0.4, 0.5) is 0 Å². The highest BCUT2D eigenvalue weighted by Crippen LogP contribution is 2.18. The Morgan fingerprint density at radius 1 is 1.64 bits per heavy atom. The van der Waals surface area contributed by atoms with Crippen LogP contribution in [0.3, 0.4) is 0 Å². The molecule has 80 valence electrons. The summed E-state index contributed by atoms with van der Waals surface area (Å²) in [6.45, 7) is 0.897. The molecule has 0 spiro atoms. The van der Waals surface area contributed by atoms with Gasteiger partial charge in [0.1, 0.15) is 0 Å². The summed E-state index contributed by atoms with van der Waals surface area (Å²) in [4.78, 5) is 26.0. The van der Waals surface area contributed by atoms with Crippen molar-refractivity contribution in [1.82, 2.24) is 9.80 Å². The van der Waals surface area contributed by atoms with E-state index in [0.29, 0.717) is 6.54 Å². The Morgan fingerprint density at radius 3 is 2.86 bits per heavy atom. The van der Waals surface area contributed by atoms with Crippen molar-refractivity contribution in [2.24, 2.45) is 0 Å². The molecule has 0 radical (unpaired) electrons. The number of amides is 2. The van der Waals surface area contributed by atoms with Crippen LogP contribution < -0.4 is 0 Å². The summed E-state index contributed by atoms with van der Waals surface area (Å²) in [6, 6.07) is 0. The topological polar surface area (TPSA) is 40.6 Å². The molecule has 4 nitrogen and oxygen atoms in total. The molecule has 0 bridgehead atoms. The second-order valence-electron chi connectivity index (χ2n) is 3.66. The van der Waals surface area contributed by atoms with Crippen LogP contribution in [0.25, 0.3) is 0 Å². The van der Waals surface area contributed by atoms with Crippen molar-refractivity contribution in [3.8, 4) is 0 Å². The van der Waals surface area contributed by atoms with E-state index in [4.69, 9.17) is 0 Å². The Balaban J connectivity index is 2.51. The molecule has 0 saturated carbocycles. The lowest BCUT2D eigenvalue weighted by Crippen LogP contribution is -2.46. The monoisotopic (exact) mass is 262 g/mol. The minimum atomic E-state index is -0.105. The average Bonchev–Trinajstić information content (AvgIpc) is 2.12. The fourth-order valence-corrected chi connectivity index (χ4v) is 1.97. The third kappa shape index (κ3) is 2.70. The second-order valence-corrected chi connectivity index (χ2v) is 4.76. The molecule has 1 atom stereocenters. The number of nitrogens with zero attached hydrogens (tertiary/aromatic N) is 2. The number of halogens is 1. The number of likely N-dealkylation sites (tertiary alicyclic amines) is 1. The number of hydrogen-bond donors (Lipinski definition) is 0. The van der Waals surface area contributed by atoms with Gasteiger partial charge in [-0.25, -0.2) is 0 Å². The Bertz CT molecular complexity index is 243. The van der Waals surface area contributed by atoms with Crippen molar-refractivity contribution in [3.05, 3.63) is 0 Å². The molecule has 0 aromatic carbocycles. The van der Waals surface area contributed by atoms with E-state index < -0.39 is 0 Å². The minimum absolute atomic E-state index is 0.0278. The molecular weight excluding hydrogens is 248 g/mol. The van der Waals surface area contributed by atoms with E-state index in [9.17, 15) is 9.59 Å². The van der Waals surface area contributed by atoms with Crippen LogP contribution in [0.15, 0.2) is 0 Å². The van der Waals surface area contributed by atoms with Gasteiger partial charge in [-0.15, -0.1) is 0 Å². The average molecular weight is 263 g/mol. The largest absolute Gasteiger partial charge is 0.347 e. The molecule has 2 amide bonds. The first-order valence-corrected chi connectivity index (χ1v) is 5.57. The van der Waals surface area contributed by atoms with E-state index in [-0.39, 0.29) is 23.2 Å². The second kappa shape index (κ2) is 4.77. The van der Waals surface area contributed by atoms with Gasteiger partial charge in [-0.05, 0) is 12.8 Å². The summed E-state index contributed by atoms with van der Waals surface area (Å²) in [6.07, 6.45) is 1.83. The number of carbonyl (C=O) groups excluding carboxylic acids is 2. The maximum Gasteiger partial charge on any atom is 0.241 e. The normalized spacial score (nSPS) is 22.4. The zero-order chi connectivity index (χ0) is 10.7. The molecule has 0 aromatic rings. The van der Waals surface area contributed by atoms with Crippen molar-refractivity contribution < 1.29 is 9.59 Å². The fourth-order valence-electron chi connectivity index (χ4n) is 1.35. The Hall–Kier alpha value is -0.580. The number of alkyl halides is 1. The molecule has 1 saturated heterocycles. The van der Waals surface area contributed by atoms with E-state index in [1.807, 2.05) is 0 Å². The number of likely N-dealkylation sites (N-methyl/N-ethyl adjacent to an activating group) is 1. The third-order valence-electron chi connectivity index (χ3n) is 2.29. The summed E-state index contributed by atoms with van der Waals surface area (Å²) < 4.78 is 0. The van der Waals surface area contributed by atoms with Crippen molar-refractivity contribution in [2.45, 2.75) is 17.7 Å². The molecule has 1 fully saturated rings. The first-order valence-electron chi connectivity index (χ1n) is 4.65. The zero-order valence-electron chi connectivity index (χ0n) is 8.49. The van der Waals surface area contributed by atoms with Gasteiger partial charge in [0.05, 0.1) is 11.4 Å². The smallest absolute Gasteiger partial charge is 0.241 e. The third-order valence-corrected chi connectivity index (χ3v) is 3.14. The van der Waals surface area contributed by atoms with Crippen molar-refractivity contribution >= 4 is 27.7 Å². The van der Waals surface area contributed by atoms with Crippen LogP contribution in [0.1, 0.15) is 12.8 Å². The number of hydrogen-bond acceptors (Lipinski definition) is 2. The number of rotatable bonds is 2. The van der Waals surface area contributed by atoms with Gasteiger partial charge in [0.2, 0.25) is 11.8 Å². The Kier molecular flexibility index (Phi) is 3.92. The van der Waals surface area contributed by atoms with E-state index in [0.717, 1.165) is 12.8 Å². The summed E-state index contributed by atoms with van der Waals surface area (Å²) in [5.41, 5.74) is 0. The molecule has 0 N–H and O–H groups in total. The molecule has 0 aliphatic carbocycles. The molecule has 14 heavy (non-hydrogen) atoms. The van der Waals surface area contributed by atoms with E-state index in [1.54, 1.807) is 19.0 Å². The van der Waals surface area contributed by atoms with Crippen LogP contribution in [0.2, 0.25) is 0 Å². The fraction of sp³-hybridized carbons (Fsp3) is 0.778. The Labute approximate surface area is 92.4 Å². The highest BCUT2D eigenvalue weighted by atomic mass is 79.9. The van der Waals surface area contributed by atoms with Gasteiger partial charge in [0.25, 0.3) is 0 Å². The van der Waals surface area contributed by atoms with Gasteiger partial charge in [-0.2, -0.15) is 0 Å². The summed E-state index contributed by atoms with van der Waals surface area (Å²) in [7, 11) is 3.39. The summed E-state index contributed by atoms with van der Waals surface area (Å²) in [5, 5.41) is 0. The van der Waals surface area contributed by atoms with Gasteiger partial charge < -0.3 is 9.80 Å². The lowest BCUT2D eigenvalue weighted by molar-refractivity contribution is -0.140. The molecule has 1 rings (SSSR count). The molecule has 1 aliphatic rings. The predicted octanol–water partition coefficient (Wildman–Crippen LogP) is 0.460. The Morgan fingerprint density at radius 2 is 2.29 bits per heavy atom. The maximum atomic E-state index is 11.6. The van der Waals surface area contributed by atoms with Crippen molar-refractivity contribution in [2.75, 3.05) is 27.2 Å². The van der Waals surface area contributed by atoms with Crippen LogP contribution >= 0.6 is 15.9 Å². The van der Waals surface area contributed by atoms with Gasteiger partial charge in [0, 0.05) is 20.6 Å². The van der Waals surface area contributed by atoms with Crippen LogP contribution in [0.5, 0.6) is 0 Å². The predicted molar refractivity (Wildman–Crippen MR) is 57.2 cm³/mol. The van der Waals surface area contributed by atoms with E-state index >= 15 is 0 Å². The lowest BCUT2D eigenvalue weighted by atomic mass is 10.1. The van der Waals surface area contributed by atoms with Crippen LogP contribution in [-0.4, -0.2) is 53.6 Å². The lowest BCUT2D eigenvalue weighted by Gasteiger charge is -2.29. The highest BCUT2D eigenvalue weighted by Gasteiger charge is 2.27. The first-order chi connectivity index (χ1) is 6.52. The van der Waals surface area contributed by atoms with Crippen molar-refractivity contribution in [3.63, 3.8) is 0 Å². The minimum Gasteiger partial charge on any atom is -0.347 e. The first kappa shape index (κ1) is 11.5. The molecule has 1 heterocycles. The number of carbonyl (C=O) groups is 2. The SMILES string of the molecule is CN(C)C(=O)CN1CCCC(Br)C1=O. The van der Waals surface area contributed by atoms with Gasteiger partial charge >= 0.3 is 0 Å². The van der Waals surface area contributed by atoms with Gasteiger partial charge in [-0.1, -0.05) is 15.9 Å². The van der Waals surface area contributed by atoms with Crippen LogP contribution in [-0.2, 0) is 9.59 Å². The molecule has 1 unspecified atom stereocenters. The summed E-state index contributed by atoms with van der Waals surface area (Å²) >= 11 is 3.30. The maximum absolute atomic E-state index is 11.6. The highest BCUT2D eigenvalue weighted by molar-refractivity contribution is 9.10. The van der Waals surface area contributed by atoms with Gasteiger partial charge in [-0.3, -0.25) is 9.59 Å². The quantitative estimate of drug-likeness (QED) is 0.679. The molecule has 1 aliphatic heterocycles. The molecule has 0 aromatic heterocycles. The van der Waals surface area contributed by atoms with Crippen molar-refractivity contribution in [1.29, 1.82) is 0 Å². The standard InChI is InChI=1S/C9H15BrN2O2/c1-11(2)8(13)6-12-5-3-4-7(10)9(12)14/h7H,3-6H2,1-2H3. The molecule has 5 heteroatoms. The van der Waals surface area contributed by atoms with Gasteiger partial charge in [0.15, 0.2) is 0 Å². The van der Waals surface area contributed by atoms with E-state index in [1.165, 1.54) is 4.90 Å². The molecular formula is C9H15BrN2O2. The van der Waals surface area contributed by atoms with Crippen LogP contribution in [0, 0.1) is 0 Å². The summed E-state index contributed by atoms with van der Waals surface area (Å²) in [5.74, 6) is 0.00593. The number of piperidine rings is 1.